The lowest BCUT2D eigenvalue weighted by Gasteiger charge is -2.12. The van der Waals surface area contributed by atoms with Crippen molar-refractivity contribution < 1.29 is 17.2 Å². The lowest BCUT2D eigenvalue weighted by atomic mass is 10.2. The van der Waals surface area contributed by atoms with E-state index in [-0.39, 0.29) is 27.7 Å². The number of hydrogen-bond donors (Lipinski definition) is 2. The van der Waals surface area contributed by atoms with Gasteiger partial charge in [0, 0.05) is 6.54 Å². The van der Waals surface area contributed by atoms with Gasteiger partial charge in [-0.15, -0.1) is 0 Å². The van der Waals surface area contributed by atoms with Gasteiger partial charge >= 0.3 is 0 Å². The van der Waals surface area contributed by atoms with E-state index in [4.69, 9.17) is 17.3 Å². The fourth-order valence-corrected chi connectivity index (χ4v) is 3.15. The third kappa shape index (κ3) is 3.49. The van der Waals surface area contributed by atoms with Gasteiger partial charge in [0.15, 0.2) is 0 Å². The maximum absolute atomic E-state index is 13.3. The van der Waals surface area contributed by atoms with Crippen LogP contribution in [0.2, 0.25) is 5.02 Å². The second kappa shape index (κ2) is 5.97. The highest BCUT2D eigenvalue weighted by Crippen LogP contribution is 2.23. The SMILES string of the molecule is NCc1ccc(F)cc1S(=O)(=O)Nc1ccc(Cl)c(F)c1. The smallest absolute Gasteiger partial charge is 0.262 e. The first-order valence-electron chi connectivity index (χ1n) is 5.80. The quantitative estimate of drug-likeness (QED) is 0.904. The van der Waals surface area contributed by atoms with Gasteiger partial charge in [-0.1, -0.05) is 17.7 Å². The van der Waals surface area contributed by atoms with E-state index in [1.165, 1.54) is 18.2 Å². The zero-order valence-corrected chi connectivity index (χ0v) is 12.2. The molecule has 0 amide bonds. The summed E-state index contributed by atoms with van der Waals surface area (Å²) >= 11 is 5.52. The molecule has 0 bridgehead atoms. The fraction of sp³-hybridized carbons (Fsp3) is 0.0769. The highest BCUT2D eigenvalue weighted by Gasteiger charge is 2.19. The van der Waals surface area contributed by atoms with Crippen molar-refractivity contribution in [2.45, 2.75) is 11.4 Å². The average Bonchev–Trinajstić information content (AvgIpc) is 2.42. The monoisotopic (exact) mass is 332 g/mol. The zero-order chi connectivity index (χ0) is 15.6. The average molecular weight is 333 g/mol. The third-order valence-electron chi connectivity index (χ3n) is 2.71. The Labute approximate surface area is 125 Å². The molecule has 8 heteroatoms. The molecule has 0 fully saturated rings. The van der Waals surface area contributed by atoms with Gasteiger partial charge in [0.25, 0.3) is 10.0 Å². The molecule has 21 heavy (non-hydrogen) atoms. The summed E-state index contributed by atoms with van der Waals surface area (Å²) in [6.07, 6.45) is 0. The molecule has 0 aliphatic heterocycles. The summed E-state index contributed by atoms with van der Waals surface area (Å²) in [5.74, 6) is -1.48. The molecule has 112 valence electrons. The van der Waals surface area contributed by atoms with E-state index in [9.17, 15) is 17.2 Å². The number of benzene rings is 2. The highest BCUT2D eigenvalue weighted by atomic mass is 35.5. The van der Waals surface area contributed by atoms with E-state index in [0.29, 0.717) is 0 Å². The van der Waals surface area contributed by atoms with Gasteiger partial charge < -0.3 is 5.73 Å². The Morgan fingerprint density at radius 1 is 1.14 bits per heavy atom. The van der Waals surface area contributed by atoms with Crippen molar-refractivity contribution in [3.05, 3.63) is 58.6 Å². The van der Waals surface area contributed by atoms with Gasteiger partial charge in [0.1, 0.15) is 11.6 Å². The van der Waals surface area contributed by atoms with E-state index in [1.807, 2.05) is 0 Å². The summed E-state index contributed by atoms with van der Waals surface area (Å²) in [7, 11) is -4.09. The molecule has 2 aromatic carbocycles. The summed E-state index contributed by atoms with van der Waals surface area (Å²) < 4.78 is 53.2. The van der Waals surface area contributed by atoms with Gasteiger partial charge in [-0.3, -0.25) is 4.72 Å². The van der Waals surface area contributed by atoms with Crippen LogP contribution < -0.4 is 10.5 Å². The lowest BCUT2D eigenvalue weighted by molar-refractivity contribution is 0.593. The van der Waals surface area contributed by atoms with Crippen molar-refractivity contribution in [2.24, 2.45) is 5.73 Å². The van der Waals surface area contributed by atoms with Crippen LogP contribution in [0.5, 0.6) is 0 Å². The summed E-state index contributed by atoms with van der Waals surface area (Å²) in [6, 6.07) is 6.70. The summed E-state index contributed by atoms with van der Waals surface area (Å²) in [4.78, 5) is -0.291. The molecule has 0 spiro atoms. The van der Waals surface area contributed by atoms with Gasteiger partial charge in [-0.2, -0.15) is 0 Å². The van der Waals surface area contributed by atoms with E-state index in [0.717, 1.165) is 18.2 Å². The van der Waals surface area contributed by atoms with Gasteiger partial charge in [-0.25, -0.2) is 17.2 Å². The fourth-order valence-electron chi connectivity index (χ4n) is 1.72. The molecule has 0 heterocycles. The maximum Gasteiger partial charge on any atom is 0.262 e. The van der Waals surface area contributed by atoms with Crippen LogP contribution in [0.15, 0.2) is 41.3 Å². The number of hydrogen-bond acceptors (Lipinski definition) is 3. The van der Waals surface area contributed by atoms with Crippen LogP contribution in [0.4, 0.5) is 14.5 Å². The van der Waals surface area contributed by atoms with E-state index < -0.39 is 21.7 Å². The molecule has 4 nitrogen and oxygen atoms in total. The Kier molecular flexibility index (Phi) is 4.46. The first-order valence-corrected chi connectivity index (χ1v) is 7.66. The standard InChI is InChI=1S/C13H11ClF2N2O2S/c14-11-4-3-10(6-12(11)16)18-21(19,20)13-5-9(15)2-1-8(13)7-17/h1-6,18H,7,17H2. The van der Waals surface area contributed by atoms with Crippen molar-refractivity contribution in [2.75, 3.05) is 4.72 Å². The Bertz CT molecular complexity index is 782. The molecule has 2 aromatic rings. The molecule has 0 aliphatic carbocycles. The van der Waals surface area contributed by atoms with Crippen LogP contribution in [-0.2, 0) is 16.6 Å². The Hall–Kier alpha value is -1.70. The minimum Gasteiger partial charge on any atom is -0.326 e. The number of halogens is 3. The molecule has 3 N–H and O–H groups in total. The minimum atomic E-state index is -4.09. The van der Waals surface area contributed by atoms with Crippen molar-refractivity contribution in [1.82, 2.24) is 0 Å². The predicted molar refractivity (Wildman–Crippen MR) is 76.5 cm³/mol. The minimum absolute atomic E-state index is 0.0240. The van der Waals surface area contributed by atoms with Gasteiger partial charge in [0.2, 0.25) is 0 Å². The van der Waals surface area contributed by atoms with Crippen LogP contribution in [0.1, 0.15) is 5.56 Å². The number of sulfonamides is 1. The summed E-state index contributed by atoms with van der Waals surface area (Å²) in [6.45, 7) is -0.0779. The summed E-state index contributed by atoms with van der Waals surface area (Å²) in [5, 5.41) is -0.133. The molecule has 0 unspecified atom stereocenters. The molecule has 0 saturated heterocycles. The largest absolute Gasteiger partial charge is 0.326 e. The summed E-state index contributed by atoms with van der Waals surface area (Å²) in [5.41, 5.74) is 5.67. The number of anilines is 1. The Balaban J connectivity index is 2.42. The Morgan fingerprint density at radius 2 is 1.86 bits per heavy atom. The highest BCUT2D eigenvalue weighted by molar-refractivity contribution is 7.92. The Morgan fingerprint density at radius 3 is 2.48 bits per heavy atom. The lowest BCUT2D eigenvalue weighted by Crippen LogP contribution is -2.16. The maximum atomic E-state index is 13.3. The van der Waals surface area contributed by atoms with Crippen molar-refractivity contribution in [3.8, 4) is 0 Å². The van der Waals surface area contributed by atoms with Crippen LogP contribution in [0, 0.1) is 11.6 Å². The van der Waals surface area contributed by atoms with Crippen LogP contribution >= 0.6 is 11.6 Å². The molecule has 0 aliphatic rings. The first-order chi connectivity index (χ1) is 9.83. The predicted octanol–water partition coefficient (Wildman–Crippen LogP) is 2.88. The number of nitrogens with two attached hydrogens (primary N) is 1. The van der Waals surface area contributed by atoms with Crippen LogP contribution in [0.25, 0.3) is 0 Å². The molecular weight excluding hydrogens is 322 g/mol. The number of rotatable bonds is 4. The van der Waals surface area contributed by atoms with Crippen LogP contribution in [-0.4, -0.2) is 8.42 Å². The molecular formula is C13H11ClF2N2O2S. The molecule has 0 atom stereocenters. The van der Waals surface area contributed by atoms with Gasteiger partial charge in [0.05, 0.1) is 15.6 Å². The first kappa shape index (κ1) is 15.7. The van der Waals surface area contributed by atoms with Crippen molar-refractivity contribution in [3.63, 3.8) is 0 Å². The van der Waals surface area contributed by atoms with E-state index in [2.05, 4.69) is 4.72 Å². The van der Waals surface area contributed by atoms with E-state index in [1.54, 1.807) is 0 Å². The van der Waals surface area contributed by atoms with Crippen molar-refractivity contribution in [1.29, 1.82) is 0 Å². The molecule has 2 rings (SSSR count). The number of nitrogens with one attached hydrogen (secondary N) is 1. The van der Waals surface area contributed by atoms with Crippen molar-refractivity contribution >= 4 is 27.3 Å². The normalized spacial score (nSPS) is 11.4. The molecule has 0 saturated carbocycles. The third-order valence-corrected chi connectivity index (χ3v) is 4.48. The second-order valence-corrected chi connectivity index (χ2v) is 6.25. The zero-order valence-electron chi connectivity index (χ0n) is 10.6. The second-order valence-electron chi connectivity index (χ2n) is 4.19. The van der Waals surface area contributed by atoms with Crippen LogP contribution in [0.3, 0.4) is 0 Å². The molecule has 0 radical (unpaired) electrons. The van der Waals surface area contributed by atoms with E-state index >= 15 is 0 Å². The molecule has 0 aromatic heterocycles. The topological polar surface area (TPSA) is 72.2 Å². The van der Waals surface area contributed by atoms with Gasteiger partial charge in [-0.05, 0) is 35.9 Å².